The molecule has 0 aliphatic carbocycles. The van der Waals surface area contributed by atoms with E-state index >= 15 is 0 Å². The first-order valence-electron chi connectivity index (χ1n) is 6.12. The summed E-state index contributed by atoms with van der Waals surface area (Å²) >= 11 is 0. The van der Waals surface area contributed by atoms with Gasteiger partial charge >= 0.3 is 11.9 Å². The highest BCUT2D eigenvalue weighted by Crippen LogP contribution is 2.44. The molecular weight excluding hydrogens is 246 g/mol. The van der Waals surface area contributed by atoms with E-state index in [4.69, 9.17) is 4.74 Å². The molecule has 0 aromatic carbocycles. The second-order valence-electron chi connectivity index (χ2n) is 4.91. The highest BCUT2D eigenvalue weighted by molar-refractivity contribution is 5.79. The van der Waals surface area contributed by atoms with Crippen LogP contribution in [0, 0.1) is 0 Å². The van der Waals surface area contributed by atoms with Gasteiger partial charge in [0.25, 0.3) is 0 Å². The van der Waals surface area contributed by atoms with E-state index in [1.807, 2.05) is 0 Å². The van der Waals surface area contributed by atoms with Crippen molar-refractivity contribution in [1.82, 2.24) is 0 Å². The average molecular weight is 266 g/mol. The summed E-state index contributed by atoms with van der Waals surface area (Å²) in [6, 6.07) is 0. The van der Waals surface area contributed by atoms with Crippen molar-refractivity contribution in [2.45, 2.75) is 57.2 Å². The minimum absolute atomic E-state index is 0.00413. The SMILES string of the molecule is CCOC(=O)C(F)(F)C1(O)CCOC(C)(CC)C1. The van der Waals surface area contributed by atoms with E-state index < -0.39 is 23.1 Å². The summed E-state index contributed by atoms with van der Waals surface area (Å²) in [5.74, 6) is -5.59. The van der Waals surface area contributed by atoms with Crippen LogP contribution in [0.4, 0.5) is 8.78 Å². The zero-order valence-electron chi connectivity index (χ0n) is 11.0. The molecule has 0 bridgehead atoms. The van der Waals surface area contributed by atoms with E-state index in [9.17, 15) is 18.7 Å². The number of carbonyl (C=O) groups excluding carboxylic acids is 1. The lowest BCUT2D eigenvalue weighted by Gasteiger charge is -2.45. The molecule has 106 valence electrons. The van der Waals surface area contributed by atoms with Gasteiger partial charge in [-0.2, -0.15) is 8.78 Å². The number of hydrogen-bond acceptors (Lipinski definition) is 4. The molecule has 6 heteroatoms. The summed E-state index contributed by atoms with van der Waals surface area (Å²) < 4.78 is 37.7. The molecule has 18 heavy (non-hydrogen) atoms. The maximum Gasteiger partial charge on any atom is 0.380 e. The van der Waals surface area contributed by atoms with E-state index in [1.54, 1.807) is 13.8 Å². The number of aliphatic hydroxyl groups is 1. The Morgan fingerprint density at radius 2 is 2.11 bits per heavy atom. The number of hydrogen-bond donors (Lipinski definition) is 1. The highest BCUT2D eigenvalue weighted by Gasteiger charge is 2.62. The van der Waals surface area contributed by atoms with Gasteiger partial charge in [-0.05, 0) is 20.3 Å². The van der Waals surface area contributed by atoms with E-state index in [0.29, 0.717) is 6.42 Å². The third-order valence-corrected chi connectivity index (χ3v) is 3.50. The molecule has 1 saturated heterocycles. The summed E-state index contributed by atoms with van der Waals surface area (Å²) in [6.07, 6.45) is -0.0923. The third kappa shape index (κ3) is 2.64. The second-order valence-corrected chi connectivity index (χ2v) is 4.91. The topological polar surface area (TPSA) is 55.8 Å². The van der Waals surface area contributed by atoms with Crippen LogP contribution in [0.1, 0.15) is 40.0 Å². The number of esters is 1. The Balaban J connectivity index is 2.94. The van der Waals surface area contributed by atoms with Gasteiger partial charge in [0.05, 0.1) is 18.8 Å². The first-order chi connectivity index (χ1) is 8.21. The molecule has 0 saturated carbocycles. The fourth-order valence-electron chi connectivity index (χ4n) is 2.13. The predicted octanol–water partition coefficient (Wildman–Crippen LogP) is 1.90. The standard InChI is InChI=1S/C12H20F2O4/c1-4-10(3)8-11(16,6-7-18-10)12(13,14)9(15)17-5-2/h16H,4-8H2,1-3H3. The van der Waals surface area contributed by atoms with E-state index in [2.05, 4.69) is 4.74 Å². The lowest BCUT2D eigenvalue weighted by Crippen LogP contribution is -2.60. The van der Waals surface area contributed by atoms with Crippen LogP contribution in [0.25, 0.3) is 0 Å². The van der Waals surface area contributed by atoms with Crippen molar-refractivity contribution in [1.29, 1.82) is 0 Å². The summed E-state index contributed by atoms with van der Waals surface area (Å²) in [6.45, 7) is 4.73. The number of ether oxygens (including phenoxy) is 2. The van der Waals surface area contributed by atoms with Crippen molar-refractivity contribution in [2.24, 2.45) is 0 Å². The molecule has 0 amide bonds. The smallest absolute Gasteiger partial charge is 0.380 e. The quantitative estimate of drug-likeness (QED) is 0.790. The van der Waals surface area contributed by atoms with Crippen LogP contribution in [-0.4, -0.2) is 41.4 Å². The van der Waals surface area contributed by atoms with Gasteiger partial charge in [0, 0.05) is 12.8 Å². The summed E-state index contributed by atoms with van der Waals surface area (Å²) in [7, 11) is 0. The fraction of sp³-hybridized carbons (Fsp3) is 0.917. The van der Waals surface area contributed by atoms with Gasteiger partial charge in [0.15, 0.2) is 0 Å². The molecule has 0 radical (unpaired) electrons. The molecule has 1 aliphatic rings. The van der Waals surface area contributed by atoms with Crippen LogP contribution in [0.3, 0.4) is 0 Å². The van der Waals surface area contributed by atoms with Crippen molar-refractivity contribution in [3.8, 4) is 0 Å². The van der Waals surface area contributed by atoms with E-state index in [-0.39, 0.29) is 26.1 Å². The lowest BCUT2D eigenvalue weighted by atomic mass is 9.78. The Hall–Kier alpha value is -0.750. The van der Waals surface area contributed by atoms with Crippen molar-refractivity contribution in [3.05, 3.63) is 0 Å². The van der Waals surface area contributed by atoms with Gasteiger partial charge in [-0.25, -0.2) is 4.79 Å². The molecule has 1 fully saturated rings. The highest BCUT2D eigenvalue weighted by atomic mass is 19.3. The van der Waals surface area contributed by atoms with Crippen LogP contribution < -0.4 is 0 Å². The number of rotatable bonds is 4. The Morgan fingerprint density at radius 1 is 1.50 bits per heavy atom. The molecular formula is C12H20F2O4. The zero-order chi connectivity index (χ0) is 14.0. The number of alkyl halides is 2. The van der Waals surface area contributed by atoms with Gasteiger partial charge in [-0.3, -0.25) is 0 Å². The van der Waals surface area contributed by atoms with E-state index in [0.717, 1.165) is 0 Å². The molecule has 1 heterocycles. The van der Waals surface area contributed by atoms with Gasteiger partial charge in [-0.15, -0.1) is 0 Å². The maximum absolute atomic E-state index is 14.0. The van der Waals surface area contributed by atoms with Gasteiger partial charge in [0.2, 0.25) is 0 Å². The molecule has 2 atom stereocenters. The molecule has 1 N–H and O–H groups in total. The van der Waals surface area contributed by atoms with Crippen LogP contribution >= 0.6 is 0 Å². The molecule has 1 rings (SSSR count). The predicted molar refractivity (Wildman–Crippen MR) is 60.4 cm³/mol. The number of halogens is 2. The molecule has 2 unspecified atom stereocenters. The molecule has 0 spiro atoms. The Kier molecular flexibility index (Phi) is 4.33. The van der Waals surface area contributed by atoms with Crippen LogP contribution in [-0.2, 0) is 14.3 Å². The number of carbonyl (C=O) groups is 1. The van der Waals surface area contributed by atoms with Crippen LogP contribution in [0.15, 0.2) is 0 Å². The normalized spacial score (nSPS) is 33.2. The van der Waals surface area contributed by atoms with Crippen molar-refractivity contribution < 1.29 is 28.2 Å². The van der Waals surface area contributed by atoms with Crippen molar-refractivity contribution in [3.63, 3.8) is 0 Å². The van der Waals surface area contributed by atoms with Crippen molar-refractivity contribution >= 4 is 5.97 Å². The second kappa shape index (κ2) is 5.09. The Bertz CT molecular complexity index is 321. The monoisotopic (exact) mass is 266 g/mol. The average Bonchev–Trinajstić information content (AvgIpc) is 2.29. The molecule has 1 aliphatic heterocycles. The summed E-state index contributed by atoms with van der Waals surface area (Å²) in [4.78, 5) is 11.3. The van der Waals surface area contributed by atoms with Crippen LogP contribution in [0.2, 0.25) is 0 Å². The minimum atomic E-state index is -3.91. The van der Waals surface area contributed by atoms with Gasteiger partial charge < -0.3 is 14.6 Å². The van der Waals surface area contributed by atoms with Crippen LogP contribution in [0.5, 0.6) is 0 Å². The van der Waals surface area contributed by atoms with Gasteiger partial charge in [0.1, 0.15) is 5.60 Å². The molecule has 0 aromatic heterocycles. The van der Waals surface area contributed by atoms with Crippen molar-refractivity contribution in [2.75, 3.05) is 13.2 Å². The van der Waals surface area contributed by atoms with E-state index in [1.165, 1.54) is 6.92 Å². The third-order valence-electron chi connectivity index (χ3n) is 3.50. The summed E-state index contributed by atoms with van der Waals surface area (Å²) in [5.41, 5.74) is -3.24. The lowest BCUT2D eigenvalue weighted by molar-refractivity contribution is -0.251. The Morgan fingerprint density at radius 3 is 2.61 bits per heavy atom. The Labute approximate surface area is 105 Å². The largest absolute Gasteiger partial charge is 0.461 e. The minimum Gasteiger partial charge on any atom is -0.461 e. The molecule has 4 nitrogen and oxygen atoms in total. The zero-order valence-corrected chi connectivity index (χ0v) is 11.0. The van der Waals surface area contributed by atoms with Gasteiger partial charge in [-0.1, -0.05) is 6.92 Å². The summed E-state index contributed by atoms with van der Waals surface area (Å²) in [5, 5.41) is 10.1. The fourth-order valence-corrected chi connectivity index (χ4v) is 2.13. The maximum atomic E-state index is 14.0. The first-order valence-corrected chi connectivity index (χ1v) is 6.12. The molecule has 0 aromatic rings. The first kappa shape index (κ1) is 15.3.